The molecule has 2 aromatic rings. The molecule has 1 aliphatic heterocycles. The molecule has 1 saturated carbocycles. The zero-order valence-electron chi connectivity index (χ0n) is 17.2. The highest BCUT2D eigenvalue weighted by Crippen LogP contribution is 2.34. The standard InChI is InChI=1S/C23H27N3O3/c1-15-7-9-18(10-8-15)26-16(2)13-19(17(26)3)20(27)14-25-21(28)23(24-22(25)29)11-5-4-6-12-23/h7-10,13H,4-6,11-12,14H2,1-3H3,(H,24,29). The molecular formula is C23H27N3O3. The Balaban J connectivity index is 1.58. The molecule has 1 spiro atoms. The molecule has 1 aromatic carbocycles. The fourth-order valence-electron chi connectivity index (χ4n) is 4.68. The molecule has 1 N–H and O–H groups in total. The monoisotopic (exact) mass is 393 g/mol. The molecule has 152 valence electrons. The van der Waals surface area contributed by atoms with Gasteiger partial charge in [-0.1, -0.05) is 37.0 Å². The summed E-state index contributed by atoms with van der Waals surface area (Å²) in [6, 6.07) is 9.50. The van der Waals surface area contributed by atoms with E-state index in [0.717, 1.165) is 41.2 Å². The van der Waals surface area contributed by atoms with Crippen LogP contribution in [0, 0.1) is 20.8 Å². The molecule has 0 unspecified atom stereocenters. The van der Waals surface area contributed by atoms with Crippen LogP contribution in [-0.4, -0.2) is 39.3 Å². The number of imide groups is 1. The second-order valence-electron chi connectivity index (χ2n) is 8.34. The maximum atomic E-state index is 13.0. The Kier molecular flexibility index (Phi) is 4.81. The molecule has 6 nitrogen and oxygen atoms in total. The van der Waals surface area contributed by atoms with Gasteiger partial charge < -0.3 is 9.88 Å². The van der Waals surface area contributed by atoms with Gasteiger partial charge in [0.05, 0.1) is 6.54 Å². The summed E-state index contributed by atoms with van der Waals surface area (Å²) in [5.74, 6) is -0.462. The molecule has 0 bridgehead atoms. The first kappa shape index (κ1) is 19.4. The van der Waals surface area contributed by atoms with Crippen LogP contribution in [0.5, 0.6) is 0 Å². The van der Waals surface area contributed by atoms with Gasteiger partial charge in [-0.25, -0.2) is 4.79 Å². The number of carbonyl (C=O) groups excluding carboxylic acids is 3. The lowest BCUT2D eigenvalue weighted by Crippen LogP contribution is -2.48. The van der Waals surface area contributed by atoms with Crippen molar-refractivity contribution in [3.63, 3.8) is 0 Å². The minimum Gasteiger partial charge on any atom is -0.323 e. The van der Waals surface area contributed by atoms with Crippen molar-refractivity contribution < 1.29 is 14.4 Å². The van der Waals surface area contributed by atoms with Crippen molar-refractivity contribution in [2.75, 3.05) is 6.54 Å². The summed E-state index contributed by atoms with van der Waals surface area (Å²) in [5, 5.41) is 2.87. The van der Waals surface area contributed by atoms with Crippen molar-refractivity contribution in [1.29, 1.82) is 0 Å². The van der Waals surface area contributed by atoms with E-state index >= 15 is 0 Å². The SMILES string of the molecule is Cc1ccc(-n2c(C)cc(C(=O)CN3C(=O)NC4(CCCCC4)C3=O)c2C)cc1. The van der Waals surface area contributed by atoms with Gasteiger partial charge in [0.2, 0.25) is 0 Å². The van der Waals surface area contributed by atoms with Gasteiger partial charge in [-0.3, -0.25) is 14.5 Å². The minimum absolute atomic E-state index is 0.215. The summed E-state index contributed by atoms with van der Waals surface area (Å²) in [5.41, 5.74) is 3.66. The lowest BCUT2D eigenvalue weighted by molar-refractivity contribution is -0.132. The number of aromatic nitrogens is 1. The zero-order chi connectivity index (χ0) is 20.8. The van der Waals surface area contributed by atoms with Crippen LogP contribution in [0.15, 0.2) is 30.3 Å². The predicted molar refractivity (Wildman–Crippen MR) is 110 cm³/mol. The first-order chi connectivity index (χ1) is 13.8. The van der Waals surface area contributed by atoms with Crippen molar-refractivity contribution >= 4 is 17.7 Å². The predicted octanol–water partition coefficient (Wildman–Crippen LogP) is 3.84. The first-order valence-electron chi connectivity index (χ1n) is 10.3. The third kappa shape index (κ3) is 3.26. The topological polar surface area (TPSA) is 71.4 Å². The number of aryl methyl sites for hydroxylation is 2. The molecule has 29 heavy (non-hydrogen) atoms. The van der Waals surface area contributed by atoms with Crippen molar-refractivity contribution in [3.8, 4) is 5.69 Å². The quantitative estimate of drug-likeness (QED) is 0.634. The van der Waals surface area contributed by atoms with E-state index in [4.69, 9.17) is 0 Å². The molecule has 2 fully saturated rings. The number of nitrogens with one attached hydrogen (secondary N) is 1. The number of benzene rings is 1. The van der Waals surface area contributed by atoms with E-state index in [2.05, 4.69) is 5.32 Å². The largest absolute Gasteiger partial charge is 0.325 e. The van der Waals surface area contributed by atoms with Crippen LogP contribution in [-0.2, 0) is 4.79 Å². The highest BCUT2D eigenvalue weighted by atomic mass is 16.2. The van der Waals surface area contributed by atoms with Gasteiger partial charge in [0.1, 0.15) is 5.54 Å². The minimum atomic E-state index is -0.797. The lowest BCUT2D eigenvalue weighted by Gasteiger charge is -2.30. The van der Waals surface area contributed by atoms with Crippen molar-refractivity contribution in [3.05, 3.63) is 52.8 Å². The summed E-state index contributed by atoms with van der Waals surface area (Å²) >= 11 is 0. The van der Waals surface area contributed by atoms with Crippen LogP contribution in [0.2, 0.25) is 0 Å². The Morgan fingerprint density at radius 3 is 2.34 bits per heavy atom. The molecule has 0 atom stereocenters. The smallest absolute Gasteiger partial charge is 0.323 e. The van der Waals surface area contributed by atoms with Crippen LogP contribution in [0.25, 0.3) is 5.69 Å². The van der Waals surface area contributed by atoms with E-state index in [-0.39, 0.29) is 18.2 Å². The fraction of sp³-hybridized carbons (Fsp3) is 0.435. The number of Topliss-reactive ketones (excluding diaryl/α,β-unsaturated/α-hetero) is 1. The third-order valence-corrected chi connectivity index (χ3v) is 6.28. The molecule has 2 heterocycles. The number of amides is 3. The number of hydrogen-bond acceptors (Lipinski definition) is 3. The molecular weight excluding hydrogens is 366 g/mol. The van der Waals surface area contributed by atoms with Crippen molar-refractivity contribution in [2.24, 2.45) is 0 Å². The van der Waals surface area contributed by atoms with Crippen molar-refractivity contribution in [1.82, 2.24) is 14.8 Å². The molecule has 4 rings (SSSR count). The van der Waals surface area contributed by atoms with E-state index in [9.17, 15) is 14.4 Å². The van der Waals surface area contributed by atoms with Crippen LogP contribution in [0.1, 0.15) is 59.4 Å². The highest BCUT2D eigenvalue weighted by Gasteiger charge is 2.51. The molecule has 1 aliphatic carbocycles. The van der Waals surface area contributed by atoms with Gasteiger partial charge in [-0.2, -0.15) is 0 Å². The van der Waals surface area contributed by atoms with Crippen LogP contribution < -0.4 is 5.32 Å². The van der Waals surface area contributed by atoms with Gasteiger partial charge in [0.15, 0.2) is 5.78 Å². The third-order valence-electron chi connectivity index (χ3n) is 6.28. The number of carbonyl (C=O) groups is 3. The Labute approximate surface area is 170 Å². The molecule has 3 amide bonds. The van der Waals surface area contributed by atoms with Crippen LogP contribution in [0.4, 0.5) is 4.79 Å². The van der Waals surface area contributed by atoms with Crippen molar-refractivity contribution in [2.45, 2.75) is 58.4 Å². The van der Waals surface area contributed by atoms with E-state index in [0.29, 0.717) is 18.4 Å². The zero-order valence-corrected chi connectivity index (χ0v) is 17.2. The van der Waals surface area contributed by atoms with E-state index in [1.807, 2.05) is 55.7 Å². The Morgan fingerprint density at radius 2 is 1.69 bits per heavy atom. The molecule has 0 radical (unpaired) electrons. The Bertz CT molecular complexity index is 982. The Morgan fingerprint density at radius 1 is 1.03 bits per heavy atom. The van der Waals surface area contributed by atoms with E-state index < -0.39 is 11.6 Å². The summed E-state index contributed by atoms with van der Waals surface area (Å²) < 4.78 is 2.03. The van der Waals surface area contributed by atoms with Gasteiger partial charge in [-0.15, -0.1) is 0 Å². The average molecular weight is 393 g/mol. The van der Waals surface area contributed by atoms with Crippen LogP contribution >= 0.6 is 0 Å². The summed E-state index contributed by atoms with van der Waals surface area (Å²) in [6.07, 6.45) is 4.24. The Hall–Kier alpha value is -2.89. The molecule has 6 heteroatoms. The summed E-state index contributed by atoms with van der Waals surface area (Å²) in [4.78, 5) is 39.6. The maximum Gasteiger partial charge on any atom is 0.325 e. The fourth-order valence-corrected chi connectivity index (χ4v) is 4.68. The number of hydrogen-bond donors (Lipinski definition) is 1. The first-order valence-corrected chi connectivity index (χ1v) is 10.3. The lowest BCUT2D eigenvalue weighted by atomic mass is 9.82. The average Bonchev–Trinajstić information content (AvgIpc) is 3.11. The number of ketones is 1. The number of urea groups is 1. The maximum absolute atomic E-state index is 13.0. The summed E-state index contributed by atoms with van der Waals surface area (Å²) in [6.45, 7) is 5.67. The van der Waals surface area contributed by atoms with Gasteiger partial charge >= 0.3 is 6.03 Å². The molecule has 1 aromatic heterocycles. The number of nitrogens with zero attached hydrogens (tertiary/aromatic N) is 2. The highest BCUT2D eigenvalue weighted by molar-refractivity contribution is 6.11. The molecule has 1 saturated heterocycles. The van der Waals surface area contributed by atoms with E-state index in [1.165, 1.54) is 5.56 Å². The molecule has 2 aliphatic rings. The van der Waals surface area contributed by atoms with Crippen LogP contribution in [0.3, 0.4) is 0 Å². The second-order valence-corrected chi connectivity index (χ2v) is 8.34. The van der Waals surface area contributed by atoms with Gasteiger partial charge in [-0.05, 0) is 51.8 Å². The normalized spacial score (nSPS) is 18.4. The second kappa shape index (κ2) is 7.17. The van der Waals surface area contributed by atoms with Gasteiger partial charge in [0, 0.05) is 22.6 Å². The van der Waals surface area contributed by atoms with Gasteiger partial charge in [0.25, 0.3) is 5.91 Å². The van der Waals surface area contributed by atoms with E-state index in [1.54, 1.807) is 0 Å². The summed E-state index contributed by atoms with van der Waals surface area (Å²) in [7, 11) is 0. The number of rotatable bonds is 4.